The topological polar surface area (TPSA) is 55.1 Å². The van der Waals surface area contributed by atoms with E-state index in [1.807, 2.05) is 36.6 Å². The quantitative estimate of drug-likeness (QED) is 0.796. The van der Waals surface area contributed by atoms with E-state index in [9.17, 15) is 4.79 Å². The molecular formula is C14H22N2OS. The Morgan fingerprint density at radius 2 is 2.06 bits per heavy atom. The molecular weight excluding hydrogens is 244 g/mol. The molecule has 18 heavy (non-hydrogen) atoms. The second-order valence-corrected chi connectivity index (χ2v) is 5.26. The Balaban J connectivity index is 2.44. The van der Waals surface area contributed by atoms with Crippen molar-refractivity contribution in [2.24, 2.45) is 5.73 Å². The molecule has 0 saturated carbocycles. The van der Waals surface area contributed by atoms with Gasteiger partial charge in [0.15, 0.2) is 0 Å². The first kappa shape index (κ1) is 15.1. The number of amides is 1. The van der Waals surface area contributed by atoms with E-state index in [2.05, 4.69) is 12.2 Å². The van der Waals surface area contributed by atoms with Crippen LogP contribution in [0.1, 0.15) is 31.4 Å². The van der Waals surface area contributed by atoms with Gasteiger partial charge in [-0.3, -0.25) is 4.79 Å². The van der Waals surface area contributed by atoms with Crippen LogP contribution in [0.5, 0.6) is 0 Å². The van der Waals surface area contributed by atoms with Crippen molar-refractivity contribution in [3.63, 3.8) is 0 Å². The highest BCUT2D eigenvalue weighted by Crippen LogP contribution is 2.13. The molecule has 3 nitrogen and oxygen atoms in total. The molecule has 0 aliphatic rings. The van der Waals surface area contributed by atoms with Gasteiger partial charge < -0.3 is 11.1 Å². The van der Waals surface area contributed by atoms with Gasteiger partial charge in [-0.05, 0) is 18.2 Å². The molecule has 0 heterocycles. The van der Waals surface area contributed by atoms with Gasteiger partial charge in [-0.25, -0.2) is 0 Å². The Morgan fingerprint density at radius 3 is 2.61 bits per heavy atom. The van der Waals surface area contributed by atoms with Gasteiger partial charge in [-0.15, -0.1) is 0 Å². The molecule has 2 unspecified atom stereocenters. The van der Waals surface area contributed by atoms with Crippen LogP contribution in [-0.2, 0) is 4.79 Å². The van der Waals surface area contributed by atoms with E-state index in [4.69, 9.17) is 5.73 Å². The molecule has 0 fully saturated rings. The van der Waals surface area contributed by atoms with Crippen molar-refractivity contribution in [3.8, 4) is 0 Å². The lowest BCUT2D eigenvalue weighted by Crippen LogP contribution is -2.37. The van der Waals surface area contributed by atoms with E-state index >= 15 is 0 Å². The van der Waals surface area contributed by atoms with E-state index in [1.165, 1.54) is 0 Å². The van der Waals surface area contributed by atoms with Crippen LogP contribution in [0.25, 0.3) is 0 Å². The lowest BCUT2D eigenvalue weighted by Gasteiger charge is -2.18. The minimum Gasteiger partial charge on any atom is -0.352 e. The van der Waals surface area contributed by atoms with Crippen molar-refractivity contribution >= 4 is 17.7 Å². The van der Waals surface area contributed by atoms with E-state index in [0.717, 1.165) is 17.7 Å². The predicted octanol–water partition coefficient (Wildman–Crippen LogP) is 2.33. The molecule has 0 spiro atoms. The molecule has 100 valence electrons. The van der Waals surface area contributed by atoms with Gasteiger partial charge in [0.25, 0.3) is 0 Å². The fourth-order valence-electron chi connectivity index (χ4n) is 1.77. The Morgan fingerprint density at radius 1 is 1.39 bits per heavy atom. The second kappa shape index (κ2) is 8.16. The normalized spacial score (nSPS) is 13.9. The minimum absolute atomic E-state index is 0.0345. The number of carbonyl (C=O) groups is 1. The number of thioether (sulfide) groups is 1. The Hall–Kier alpha value is -1.00. The number of hydrogen-bond donors (Lipinski definition) is 2. The molecule has 4 heteroatoms. The summed E-state index contributed by atoms with van der Waals surface area (Å²) in [5.74, 6) is 0.982. The summed E-state index contributed by atoms with van der Waals surface area (Å²) < 4.78 is 0. The lowest BCUT2D eigenvalue weighted by atomic mass is 10.0. The maximum Gasteiger partial charge on any atom is 0.222 e. The molecule has 0 bridgehead atoms. The average molecular weight is 266 g/mol. The zero-order valence-corrected chi connectivity index (χ0v) is 11.9. The third-order valence-electron chi connectivity index (χ3n) is 2.86. The van der Waals surface area contributed by atoms with E-state index < -0.39 is 0 Å². The summed E-state index contributed by atoms with van der Waals surface area (Å²) in [6.07, 6.45) is 3.34. The highest BCUT2D eigenvalue weighted by Gasteiger charge is 2.14. The average Bonchev–Trinajstić information content (AvgIpc) is 2.39. The monoisotopic (exact) mass is 266 g/mol. The van der Waals surface area contributed by atoms with Gasteiger partial charge in [0.05, 0.1) is 0 Å². The second-order valence-electron chi connectivity index (χ2n) is 4.35. The summed E-state index contributed by atoms with van der Waals surface area (Å²) in [5, 5.41) is 3.03. The summed E-state index contributed by atoms with van der Waals surface area (Å²) in [6.45, 7) is 2.08. The maximum atomic E-state index is 11.9. The molecule has 0 saturated heterocycles. The third kappa shape index (κ3) is 5.10. The predicted molar refractivity (Wildman–Crippen MR) is 78.6 cm³/mol. The minimum atomic E-state index is -0.224. The van der Waals surface area contributed by atoms with Crippen molar-refractivity contribution in [1.29, 1.82) is 0 Å². The third-order valence-corrected chi connectivity index (χ3v) is 3.59. The van der Waals surface area contributed by atoms with Crippen LogP contribution in [0, 0.1) is 0 Å². The summed E-state index contributed by atoms with van der Waals surface area (Å²) in [5.41, 5.74) is 7.03. The van der Waals surface area contributed by atoms with Gasteiger partial charge in [0.1, 0.15) is 0 Å². The smallest absolute Gasteiger partial charge is 0.222 e. The van der Waals surface area contributed by atoms with Crippen molar-refractivity contribution < 1.29 is 4.79 Å². The first-order chi connectivity index (χ1) is 8.67. The van der Waals surface area contributed by atoms with Gasteiger partial charge in [0.2, 0.25) is 5.91 Å². The van der Waals surface area contributed by atoms with E-state index in [1.54, 1.807) is 11.8 Å². The van der Waals surface area contributed by atoms with E-state index in [0.29, 0.717) is 6.42 Å². The Bertz CT molecular complexity index is 356. The molecule has 0 radical (unpaired) electrons. The SMILES string of the molecule is CCC(CSC)NC(=O)CC(N)c1ccccc1. The first-order valence-electron chi connectivity index (χ1n) is 6.26. The van der Waals surface area contributed by atoms with Gasteiger partial charge in [0, 0.05) is 24.3 Å². The van der Waals surface area contributed by atoms with Crippen molar-refractivity contribution in [2.75, 3.05) is 12.0 Å². The Kier molecular flexibility index (Phi) is 6.83. The maximum absolute atomic E-state index is 11.9. The van der Waals surface area contributed by atoms with Gasteiger partial charge >= 0.3 is 0 Å². The fraction of sp³-hybridized carbons (Fsp3) is 0.500. The number of carbonyl (C=O) groups excluding carboxylic acids is 1. The standard InChI is InChI=1S/C14H22N2OS/c1-3-12(10-18-2)16-14(17)9-13(15)11-7-5-4-6-8-11/h4-8,12-13H,3,9-10,15H2,1-2H3,(H,16,17). The summed E-state index contributed by atoms with van der Waals surface area (Å²) in [6, 6.07) is 9.76. The lowest BCUT2D eigenvalue weighted by molar-refractivity contribution is -0.122. The van der Waals surface area contributed by atoms with Crippen LogP contribution in [0.4, 0.5) is 0 Å². The fourth-order valence-corrected chi connectivity index (χ4v) is 2.49. The zero-order valence-electron chi connectivity index (χ0n) is 11.1. The van der Waals surface area contributed by atoms with Gasteiger partial charge in [-0.1, -0.05) is 37.3 Å². The number of nitrogens with one attached hydrogen (secondary N) is 1. The molecule has 3 N–H and O–H groups in total. The molecule has 1 aromatic rings. The van der Waals surface area contributed by atoms with Crippen molar-refractivity contribution in [3.05, 3.63) is 35.9 Å². The number of benzene rings is 1. The Labute approximate surface area is 114 Å². The zero-order chi connectivity index (χ0) is 13.4. The molecule has 2 atom stereocenters. The largest absolute Gasteiger partial charge is 0.352 e. The van der Waals surface area contributed by atoms with Crippen molar-refractivity contribution in [2.45, 2.75) is 31.8 Å². The van der Waals surface area contributed by atoms with E-state index in [-0.39, 0.29) is 18.0 Å². The molecule has 0 aliphatic heterocycles. The van der Waals surface area contributed by atoms with Crippen LogP contribution in [0.3, 0.4) is 0 Å². The van der Waals surface area contributed by atoms with Crippen LogP contribution < -0.4 is 11.1 Å². The van der Waals surface area contributed by atoms with Crippen LogP contribution in [-0.4, -0.2) is 24.0 Å². The highest BCUT2D eigenvalue weighted by atomic mass is 32.2. The van der Waals surface area contributed by atoms with Gasteiger partial charge in [-0.2, -0.15) is 11.8 Å². The molecule has 0 aromatic heterocycles. The summed E-state index contributed by atoms with van der Waals surface area (Å²) in [4.78, 5) is 11.9. The molecule has 1 rings (SSSR count). The van der Waals surface area contributed by atoms with Crippen LogP contribution in [0.2, 0.25) is 0 Å². The molecule has 0 aliphatic carbocycles. The van der Waals surface area contributed by atoms with Crippen molar-refractivity contribution in [1.82, 2.24) is 5.32 Å². The summed E-state index contributed by atoms with van der Waals surface area (Å²) >= 11 is 1.75. The molecule has 1 amide bonds. The van der Waals surface area contributed by atoms with Crippen LogP contribution in [0.15, 0.2) is 30.3 Å². The summed E-state index contributed by atoms with van der Waals surface area (Å²) in [7, 11) is 0. The number of nitrogens with two attached hydrogens (primary N) is 1. The van der Waals surface area contributed by atoms with Crippen LogP contribution >= 0.6 is 11.8 Å². The highest BCUT2D eigenvalue weighted by molar-refractivity contribution is 7.98. The number of hydrogen-bond acceptors (Lipinski definition) is 3. The number of rotatable bonds is 7. The molecule has 1 aromatic carbocycles. The first-order valence-corrected chi connectivity index (χ1v) is 7.65.